The maximum atomic E-state index is 4.94. The second kappa shape index (κ2) is 9.24. The molecule has 0 radical (unpaired) electrons. The van der Waals surface area contributed by atoms with Gasteiger partial charge in [0.1, 0.15) is 11.6 Å². The molecule has 0 amide bonds. The Morgan fingerprint density at radius 3 is 1.91 bits per heavy atom. The molecule has 1 N–H and O–H groups in total. The Balaban J connectivity index is 1.41. The molecule has 0 saturated carbocycles. The number of anilines is 2. The van der Waals surface area contributed by atoms with Gasteiger partial charge in [0.2, 0.25) is 0 Å². The Morgan fingerprint density at radius 2 is 1.09 bits per heavy atom. The Kier molecular flexibility index (Phi) is 5.50. The highest BCUT2D eigenvalue weighted by molar-refractivity contribution is 5.96. The van der Waals surface area contributed by atoms with Gasteiger partial charge in [0.05, 0.1) is 11.4 Å². The molecule has 35 heavy (non-hydrogen) atoms. The molecule has 0 fully saturated rings. The van der Waals surface area contributed by atoms with E-state index in [1.807, 2.05) is 36.4 Å². The predicted molar refractivity (Wildman–Crippen MR) is 146 cm³/mol. The van der Waals surface area contributed by atoms with Crippen LogP contribution in [0, 0.1) is 0 Å². The van der Waals surface area contributed by atoms with Crippen molar-refractivity contribution in [3.8, 4) is 33.6 Å². The molecule has 6 rings (SSSR count). The smallest absolute Gasteiger partial charge is 0.132 e. The lowest BCUT2D eigenvalue weighted by atomic mass is 10.0. The summed E-state index contributed by atoms with van der Waals surface area (Å²) in [5.41, 5.74) is 6.28. The van der Waals surface area contributed by atoms with Gasteiger partial charge in [-0.05, 0) is 46.2 Å². The quantitative estimate of drug-likeness (QED) is 0.287. The zero-order chi connectivity index (χ0) is 23.5. The fourth-order valence-electron chi connectivity index (χ4n) is 4.38. The summed E-state index contributed by atoms with van der Waals surface area (Å²) in [5, 5.41) is 5.85. The van der Waals surface area contributed by atoms with E-state index in [1.165, 1.54) is 10.8 Å². The molecule has 166 valence electrons. The minimum atomic E-state index is 0.757. The third kappa shape index (κ3) is 4.40. The van der Waals surface area contributed by atoms with E-state index >= 15 is 0 Å². The summed E-state index contributed by atoms with van der Waals surface area (Å²) in [6.07, 6.45) is 0. The lowest BCUT2D eigenvalue weighted by Crippen LogP contribution is -1.99. The molecule has 0 atom stereocenters. The van der Waals surface area contributed by atoms with E-state index in [1.54, 1.807) is 0 Å². The van der Waals surface area contributed by atoms with Gasteiger partial charge >= 0.3 is 0 Å². The number of nitrogens with zero attached hydrogens (tertiary/aromatic N) is 2. The van der Waals surface area contributed by atoms with Crippen molar-refractivity contribution in [2.45, 2.75) is 0 Å². The van der Waals surface area contributed by atoms with Crippen LogP contribution in [0.5, 0.6) is 0 Å². The van der Waals surface area contributed by atoms with Crippen LogP contribution in [0.2, 0.25) is 0 Å². The second-order valence-corrected chi connectivity index (χ2v) is 8.42. The normalized spacial score (nSPS) is 10.9. The van der Waals surface area contributed by atoms with Gasteiger partial charge in [-0.25, -0.2) is 9.97 Å². The van der Waals surface area contributed by atoms with Crippen LogP contribution < -0.4 is 5.32 Å². The number of benzene rings is 4. The number of nitrogens with one attached hydrogen (secondary N) is 1. The van der Waals surface area contributed by atoms with Crippen LogP contribution >= 0.6 is 0 Å². The highest BCUT2D eigenvalue weighted by atomic mass is 15.1. The number of fused-ring (bicyclic) bond motifs is 1. The third-order valence-electron chi connectivity index (χ3n) is 6.07. The van der Waals surface area contributed by atoms with E-state index in [0.29, 0.717) is 0 Å². The van der Waals surface area contributed by atoms with E-state index < -0.39 is 0 Å². The van der Waals surface area contributed by atoms with Gasteiger partial charge < -0.3 is 5.32 Å². The molecular formula is C32H23N3. The molecule has 0 aliphatic rings. The van der Waals surface area contributed by atoms with Crippen LogP contribution in [0.1, 0.15) is 0 Å². The Morgan fingerprint density at radius 1 is 0.429 bits per heavy atom. The molecule has 0 saturated heterocycles. The summed E-state index contributed by atoms with van der Waals surface area (Å²) < 4.78 is 0. The first kappa shape index (κ1) is 20.8. The monoisotopic (exact) mass is 449 g/mol. The van der Waals surface area contributed by atoms with E-state index in [-0.39, 0.29) is 0 Å². The first-order chi connectivity index (χ1) is 17.3. The highest BCUT2D eigenvalue weighted by Gasteiger charge is 2.10. The summed E-state index contributed by atoms with van der Waals surface area (Å²) >= 11 is 0. The number of rotatable bonds is 5. The molecule has 0 bridgehead atoms. The van der Waals surface area contributed by atoms with Gasteiger partial charge in [-0.15, -0.1) is 0 Å². The zero-order valence-electron chi connectivity index (χ0n) is 19.1. The minimum Gasteiger partial charge on any atom is -0.325 e. The van der Waals surface area contributed by atoms with Crippen molar-refractivity contribution in [3.05, 3.63) is 133 Å². The Hall–Kier alpha value is -4.76. The van der Waals surface area contributed by atoms with E-state index in [4.69, 9.17) is 9.97 Å². The minimum absolute atomic E-state index is 0.757. The van der Waals surface area contributed by atoms with Crippen molar-refractivity contribution in [2.24, 2.45) is 0 Å². The molecule has 0 unspecified atom stereocenters. The molecule has 3 nitrogen and oxygen atoms in total. The summed E-state index contributed by atoms with van der Waals surface area (Å²) in [6, 6.07) is 45.7. The predicted octanol–water partition coefficient (Wildman–Crippen LogP) is 8.37. The average Bonchev–Trinajstić information content (AvgIpc) is 2.94. The van der Waals surface area contributed by atoms with E-state index in [0.717, 1.165) is 45.3 Å². The standard InChI is InChI=1S/C32H23N3/c1-3-11-23(12-4-1)26-21-30(25-14-5-2-6-15-25)34-32(22-26)35-31-20-10-19-29(33-31)28-18-9-16-24-13-7-8-17-27(24)28/h1-22H,(H,33,34,35). The van der Waals surface area contributed by atoms with Crippen LogP contribution in [0.25, 0.3) is 44.4 Å². The lowest BCUT2D eigenvalue weighted by molar-refractivity contribution is 1.26. The van der Waals surface area contributed by atoms with E-state index in [9.17, 15) is 0 Å². The molecular weight excluding hydrogens is 426 g/mol. The molecule has 0 aliphatic carbocycles. The van der Waals surface area contributed by atoms with Crippen LogP contribution in [0.4, 0.5) is 11.6 Å². The largest absolute Gasteiger partial charge is 0.325 e. The maximum absolute atomic E-state index is 4.94. The zero-order valence-corrected chi connectivity index (χ0v) is 19.1. The maximum Gasteiger partial charge on any atom is 0.132 e. The molecule has 0 aliphatic heterocycles. The van der Waals surface area contributed by atoms with E-state index in [2.05, 4.69) is 102 Å². The van der Waals surface area contributed by atoms with Crippen molar-refractivity contribution in [1.29, 1.82) is 0 Å². The second-order valence-electron chi connectivity index (χ2n) is 8.42. The van der Waals surface area contributed by atoms with Crippen molar-refractivity contribution in [1.82, 2.24) is 9.97 Å². The number of aromatic nitrogens is 2. The fraction of sp³-hybridized carbons (Fsp3) is 0. The van der Waals surface area contributed by atoms with Gasteiger partial charge in [-0.2, -0.15) is 0 Å². The third-order valence-corrected chi connectivity index (χ3v) is 6.07. The molecule has 2 heterocycles. The first-order valence-electron chi connectivity index (χ1n) is 11.7. The number of pyridine rings is 2. The van der Waals surface area contributed by atoms with Crippen LogP contribution in [0.15, 0.2) is 133 Å². The number of hydrogen-bond donors (Lipinski definition) is 1. The van der Waals surface area contributed by atoms with Crippen LogP contribution in [-0.2, 0) is 0 Å². The molecule has 0 spiro atoms. The van der Waals surface area contributed by atoms with Gasteiger partial charge in [-0.1, -0.05) is 109 Å². The summed E-state index contributed by atoms with van der Waals surface area (Å²) in [5.74, 6) is 1.51. The van der Waals surface area contributed by atoms with Crippen LogP contribution in [0.3, 0.4) is 0 Å². The SMILES string of the molecule is c1ccc(-c2cc(Nc3cccc(-c4cccc5ccccc45)n3)nc(-c3ccccc3)c2)cc1. The molecule has 2 aromatic heterocycles. The fourth-order valence-corrected chi connectivity index (χ4v) is 4.38. The topological polar surface area (TPSA) is 37.8 Å². The molecule has 6 aromatic rings. The summed E-state index contributed by atoms with van der Waals surface area (Å²) in [4.78, 5) is 9.87. The highest BCUT2D eigenvalue weighted by Crippen LogP contribution is 2.31. The molecule has 3 heteroatoms. The molecule has 4 aromatic carbocycles. The lowest BCUT2D eigenvalue weighted by Gasteiger charge is -2.12. The van der Waals surface area contributed by atoms with Gasteiger partial charge in [0.25, 0.3) is 0 Å². The van der Waals surface area contributed by atoms with Crippen molar-refractivity contribution in [2.75, 3.05) is 5.32 Å². The van der Waals surface area contributed by atoms with Crippen molar-refractivity contribution < 1.29 is 0 Å². The van der Waals surface area contributed by atoms with Crippen molar-refractivity contribution >= 4 is 22.4 Å². The van der Waals surface area contributed by atoms with Crippen molar-refractivity contribution in [3.63, 3.8) is 0 Å². The Bertz CT molecular complexity index is 1550. The van der Waals surface area contributed by atoms with Crippen LogP contribution in [-0.4, -0.2) is 9.97 Å². The average molecular weight is 450 g/mol. The summed E-state index contributed by atoms with van der Waals surface area (Å²) in [7, 11) is 0. The Labute approximate surface area is 204 Å². The number of hydrogen-bond acceptors (Lipinski definition) is 3. The first-order valence-corrected chi connectivity index (χ1v) is 11.7. The van der Waals surface area contributed by atoms with Gasteiger partial charge in [0.15, 0.2) is 0 Å². The van der Waals surface area contributed by atoms with Gasteiger partial charge in [-0.3, -0.25) is 0 Å². The van der Waals surface area contributed by atoms with Gasteiger partial charge in [0, 0.05) is 11.1 Å². The summed E-state index contributed by atoms with van der Waals surface area (Å²) in [6.45, 7) is 0.